The van der Waals surface area contributed by atoms with Crippen molar-refractivity contribution in [2.24, 2.45) is 5.84 Å². The highest BCUT2D eigenvalue weighted by Gasteiger charge is 2.14. The largest absolute Gasteiger partial charge is 0.453 e. The Balaban J connectivity index is 2.12. The monoisotopic (exact) mass is 281 g/mol. The van der Waals surface area contributed by atoms with Crippen molar-refractivity contribution in [1.29, 1.82) is 0 Å². The molecule has 0 bridgehead atoms. The van der Waals surface area contributed by atoms with Crippen LogP contribution in [0.3, 0.4) is 0 Å². The van der Waals surface area contributed by atoms with Crippen LogP contribution in [0.15, 0.2) is 45.6 Å². The Bertz CT molecular complexity index is 444. The maximum Gasteiger partial charge on any atom is 0.169 e. The minimum Gasteiger partial charge on any atom is -0.453 e. The molecule has 2 aromatic heterocycles. The molecule has 2 heterocycles. The number of nitrogens with two attached hydrogens (primary N) is 1. The minimum absolute atomic E-state index is 0.0683. The molecule has 0 radical (unpaired) electrons. The lowest BCUT2D eigenvalue weighted by Gasteiger charge is -2.12. The molecule has 0 spiro atoms. The fourth-order valence-electron chi connectivity index (χ4n) is 1.49. The summed E-state index contributed by atoms with van der Waals surface area (Å²) < 4.78 is 6.15. The normalized spacial score (nSPS) is 12.6. The van der Waals surface area contributed by atoms with Gasteiger partial charge >= 0.3 is 0 Å². The first kappa shape index (κ1) is 11.3. The lowest BCUT2D eigenvalue weighted by atomic mass is 10.1. The maximum absolute atomic E-state index is 5.51. The number of hydrogen-bond donors (Lipinski definition) is 2. The van der Waals surface area contributed by atoms with Gasteiger partial charge in [0.25, 0.3) is 0 Å². The number of halogens is 1. The third-order valence-corrected chi connectivity index (χ3v) is 2.70. The highest BCUT2D eigenvalue weighted by atomic mass is 79.9. The molecular formula is C11H12BrN3O. The molecule has 0 aliphatic carbocycles. The summed E-state index contributed by atoms with van der Waals surface area (Å²) in [6.45, 7) is 0. The van der Waals surface area contributed by atoms with Gasteiger partial charge in [0.15, 0.2) is 4.67 Å². The number of pyridine rings is 1. The van der Waals surface area contributed by atoms with Crippen molar-refractivity contribution >= 4 is 15.9 Å². The van der Waals surface area contributed by atoms with Gasteiger partial charge in [-0.1, -0.05) is 6.07 Å². The SMILES string of the molecule is NNC(Cc1ccccn1)c1ccc(Br)o1. The first-order valence-electron chi connectivity index (χ1n) is 4.91. The van der Waals surface area contributed by atoms with E-state index in [1.54, 1.807) is 6.20 Å². The molecule has 0 saturated heterocycles. The fourth-order valence-corrected chi connectivity index (χ4v) is 1.80. The predicted octanol–water partition coefficient (Wildman–Crippen LogP) is 2.18. The second-order valence-electron chi connectivity index (χ2n) is 3.39. The molecule has 2 rings (SSSR count). The van der Waals surface area contributed by atoms with Crippen molar-refractivity contribution in [1.82, 2.24) is 10.4 Å². The van der Waals surface area contributed by atoms with Gasteiger partial charge in [-0.2, -0.15) is 0 Å². The fraction of sp³-hybridized carbons (Fsp3) is 0.182. The highest BCUT2D eigenvalue weighted by Crippen LogP contribution is 2.22. The molecule has 0 aliphatic rings. The topological polar surface area (TPSA) is 64.1 Å². The molecule has 0 aliphatic heterocycles. The van der Waals surface area contributed by atoms with Crippen molar-refractivity contribution in [2.45, 2.75) is 12.5 Å². The molecule has 1 atom stereocenters. The number of aromatic nitrogens is 1. The quantitative estimate of drug-likeness (QED) is 0.666. The average molecular weight is 282 g/mol. The Labute approximate surface area is 102 Å². The lowest BCUT2D eigenvalue weighted by Crippen LogP contribution is -2.29. The Morgan fingerprint density at radius 3 is 2.81 bits per heavy atom. The summed E-state index contributed by atoms with van der Waals surface area (Å²) in [7, 11) is 0. The zero-order valence-corrected chi connectivity index (χ0v) is 10.1. The summed E-state index contributed by atoms with van der Waals surface area (Å²) in [5.74, 6) is 6.30. The number of furan rings is 1. The van der Waals surface area contributed by atoms with E-state index in [0.717, 1.165) is 11.5 Å². The number of nitrogens with zero attached hydrogens (tertiary/aromatic N) is 1. The molecule has 2 aromatic rings. The van der Waals surface area contributed by atoms with Gasteiger partial charge in [0.05, 0.1) is 6.04 Å². The van der Waals surface area contributed by atoms with Crippen LogP contribution in [0.1, 0.15) is 17.5 Å². The van der Waals surface area contributed by atoms with Gasteiger partial charge in [0.1, 0.15) is 5.76 Å². The summed E-state index contributed by atoms with van der Waals surface area (Å²) in [5, 5.41) is 0. The molecule has 5 heteroatoms. The zero-order chi connectivity index (χ0) is 11.4. The van der Waals surface area contributed by atoms with Gasteiger partial charge in [-0.05, 0) is 40.2 Å². The van der Waals surface area contributed by atoms with Crippen molar-refractivity contribution < 1.29 is 4.42 Å². The highest BCUT2D eigenvalue weighted by molar-refractivity contribution is 9.10. The van der Waals surface area contributed by atoms with Crippen LogP contribution in [0, 0.1) is 0 Å². The van der Waals surface area contributed by atoms with Crippen molar-refractivity contribution in [3.63, 3.8) is 0 Å². The van der Waals surface area contributed by atoms with E-state index in [1.165, 1.54) is 0 Å². The third-order valence-electron chi connectivity index (χ3n) is 2.28. The molecule has 16 heavy (non-hydrogen) atoms. The van der Waals surface area contributed by atoms with E-state index in [2.05, 4.69) is 26.3 Å². The second-order valence-corrected chi connectivity index (χ2v) is 4.17. The standard InChI is InChI=1S/C11H12BrN3O/c12-11-5-4-10(16-11)9(15-13)7-8-3-1-2-6-14-8/h1-6,9,15H,7,13H2. The van der Waals surface area contributed by atoms with Crippen LogP contribution in [0.25, 0.3) is 0 Å². The lowest BCUT2D eigenvalue weighted by molar-refractivity contribution is 0.403. The summed E-state index contributed by atoms with van der Waals surface area (Å²) in [5.41, 5.74) is 3.70. The first-order valence-corrected chi connectivity index (χ1v) is 5.70. The molecule has 4 nitrogen and oxygen atoms in total. The smallest absolute Gasteiger partial charge is 0.169 e. The number of hydrogen-bond acceptors (Lipinski definition) is 4. The Morgan fingerprint density at radius 2 is 2.25 bits per heavy atom. The van der Waals surface area contributed by atoms with Gasteiger partial charge in [-0.15, -0.1) is 0 Å². The third kappa shape index (κ3) is 2.69. The Morgan fingerprint density at radius 1 is 1.38 bits per heavy atom. The van der Waals surface area contributed by atoms with Gasteiger partial charge in [0.2, 0.25) is 0 Å². The van der Waals surface area contributed by atoms with Crippen LogP contribution in [-0.4, -0.2) is 4.98 Å². The van der Waals surface area contributed by atoms with E-state index in [4.69, 9.17) is 10.3 Å². The number of rotatable bonds is 4. The number of hydrazine groups is 1. The predicted molar refractivity (Wildman–Crippen MR) is 64.4 cm³/mol. The molecule has 1 unspecified atom stereocenters. The molecule has 0 aromatic carbocycles. The first-order chi connectivity index (χ1) is 7.79. The van der Waals surface area contributed by atoms with E-state index in [0.29, 0.717) is 11.1 Å². The van der Waals surface area contributed by atoms with E-state index in [-0.39, 0.29) is 6.04 Å². The average Bonchev–Trinajstić information content (AvgIpc) is 2.74. The van der Waals surface area contributed by atoms with Crippen LogP contribution in [0.4, 0.5) is 0 Å². The molecule has 0 amide bonds. The zero-order valence-electron chi connectivity index (χ0n) is 8.56. The van der Waals surface area contributed by atoms with Gasteiger partial charge in [-0.3, -0.25) is 10.8 Å². The Hall–Kier alpha value is -1.17. The number of nitrogens with one attached hydrogen (secondary N) is 1. The van der Waals surface area contributed by atoms with E-state index >= 15 is 0 Å². The second kappa shape index (κ2) is 5.25. The van der Waals surface area contributed by atoms with Crippen molar-refractivity contribution in [3.05, 3.63) is 52.7 Å². The van der Waals surface area contributed by atoms with E-state index in [1.807, 2.05) is 30.3 Å². The van der Waals surface area contributed by atoms with E-state index < -0.39 is 0 Å². The summed E-state index contributed by atoms with van der Waals surface area (Å²) in [4.78, 5) is 4.25. The molecular weight excluding hydrogens is 270 g/mol. The van der Waals surface area contributed by atoms with E-state index in [9.17, 15) is 0 Å². The molecule has 3 N–H and O–H groups in total. The molecule has 0 saturated carbocycles. The molecule has 84 valence electrons. The summed E-state index contributed by atoms with van der Waals surface area (Å²) in [6.07, 6.45) is 2.46. The minimum atomic E-state index is -0.0683. The van der Waals surface area contributed by atoms with Crippen molar-refractivity contribution in [3.8, 4) is 0 Å². The summed E-state index contributed by atoms with van der Waals surface area (Å²) in [6, 6.07) is 9.46. The van der Waals surface area contributed by atoms with Crippen LogP contribution < -0.4 is 11.3 Å². The van der Waals surface area contributed by atoms with Crippen molar-refractivity contribution in [2.75, 3.05) is 0 Å². The van der Waals surface area contributed by atoms with Crippen LogP contribution in [-0.2, 0) is 6.42 Å². The maximum atomic E-state index is 5.51. The van der Waals surface area contributed by atoms with Gasteiger partial charge < -0.3 is 4.42 Å². The van der Waals surface area contributed by atoms with Crippen LogP contribution in [0.2, 0.25) is 0 Å². The van der Waals surface area contributed by atoms with Crippen LogP contribution in [0.5, 0.6) is 0 Å². The summed E-state index contributed by atoms with van der Waals surface area (Å²) >= 11 is 3.26. The van der Waals surface area contributed by atoms with Gasteiger partial charge in [0, 0.05) is 18.3 Å². The molecule has 0 fully saturated rings. The van der Waals surface area contributed by atoms with Gasteiger partial charge in [-0.25, -0.2) is 5.43 Å². The Kier molecular flexibility index (Phi) is 3.71. The van der Waals surface area contributed by atoms with Crippen LogP contribution >= 0.6 is 15.9 Å².